The quantitative estimate of drug-likeness (QED) is 0.639. The first kappa shape index (κ1) is 18.6. The molecule has 31 heavy (non-hydrogen) atoms. The van der Waals surface area contributed by atoms with Gasteiger partial charge < -0.3 is 9.84 Å². The van der Waals surface area contributed by atoms with Gasteiger partial charge in [-0.15, -0.1) is 0 Å². The Labute approximate surface area is 184 Å². The summed E-state index contributed by atoms with van der Waals surface area (Å²) in [6.07, 6.45) is 17.1. The first-order valence-corrected chi connectivity index (χ1v) is 12.2. The van der Waals surface area contributed by atoms with E-state index < -0.39 is 0 Å². The van der Waals surface area contributed by atoms with Crippen LogP contribution in [0.15, 0.2) is 60.0 Å². The third kappa shape index (κ3) is 2.34. The van der Waals surface area contributed by atoms with Crippen LogP contribution in [-0.2, 0) is 4.74 Å². The summed E-state index contributed by atoms with van der Waals surface area (Å²) in [7, 11) is 0. The molecule has 3 aliphatic carbocycles. The minimum atomic E-state index is -0.213. The van der Waals surface area contributed by atoms with Gasteiger partial charge in [0, 0.05) is 24.2 Å². The van der Waals surface area contributed by atoms with E-state index in [-0.39, 0.29) is 22.7 Å². The molecule has 3 fully saturated rings. The van der Waals surface area contributed by atoms with Crippen molar-refractivity contribution in [3.05, 3.63) is 65.5 Å². The van der Waals surface area contributed by atoms with Crippen LogP contribution in [0.4, 0.5) is 0 Å². The van der Waals surface area contributed by atoms with E-state index in [1.165, 1.54) is 40.3 Å². The van der Waals surface area contributed by atoms with Crippen molar-refractivity contribution in [1.82, 2.24) is 4.98 Å². The van der Waals surface area contributed by atoms with Gasteiger partial charge >= 0.3 is 0 Å². The lowest BCUT2D eigenvalue weighted by molar-refractivity contribution is -0.144. The number of fused-ring (bicyclic) bond motifs is 2. The first-order chi connectivity index (χ1) is 15.0. The summed E-state index contributed by atoms with van der Waals surface area (Å²) in [5.74, 6) is 1.10. The maximum Gasteiger partial charge on any atom is 0.0974 e. The van der Waals surface area contributed by atoms with Crippen molar-refractivity contribution in [1.29, 1.82) is 0 Å². The summed E-state index contributed by atoms with van der Waals surface area (Å²) in [4.78, 5) is 4.35. The number of aliphatic hydroxyl groups is 1. The summed E-state index contributed by atoms with van der Waals surface area (Å²) in [6, 6.07) is 9.10. The van der Waals surface area contributed by atoms with Gasteiger partial charge in [0.2, 0.25) is 0 Å². The molecule has 1 aromatic heterocycles. The van der Waals surface area contributed by atoms with Crippen molar-refractivity contribution in [2.45, 2.75) is 81.5 Å². The van der Waals surface area contributed by atoms with Crippen LogP contribution in [0.1, 0.15) is 69.8 Å². The Morgan fingerprint density at radius 2 is 2.03 bits per heavy atom. The summed E-state index contributed by atoms with van der Waals surface area (Å²) in [5, 5.41) is 13.0. The number of rotatable bonds is 1. The van der Waals surface area contributed by atoms with Gasteiger partial charge in [-0.1, -0.05) is 31.2 Å². The third-order valence-corrected chi connectivity index (χ3v) is 9.72. The fraction of sp³-hybridized carbons (Fsp3) is 0.536. The summed E-state index contributed by atoms with van der Waals surface area (Å²) >= 11 is 0. The van der Waals surface area contributed by atoms with Crippen LogP contribution in [0.3, 0.4) is 0 Å². The standard InChI is InChI=1S/C28H31NO2/c1-26-10-8-22-15-21-4-5-23(30)16-27(21)11-12-28(22,31-27)25(26)7-6-24(26)19-3-2-18-9-13-29-17-20(18)14-19/h2-3,8-9,13-15,17,23-25,30H,4-7,10-12,16H2,1H3/t23-,24?,25+,26?,27+,28+/m0/s1. The minimum absolute atomic E-state index is 0.138. The Bertz CT molecular complexity index is 1150. The number of benzene rings is 1. The molecule has 3 nitrogen and oxygen atoms in total. The highest BCUT2D eigenvalue weighted by Crippen LogP contribution is 2.69. The Balaban J connectivity index is 1.31. The van der Waals surface area contributed by atoms with E-state index in [9.17, 15) is 5.11 Å². The van der Waals surface area contributed by atoms with Crippen molar-refractivity contribution in [3.8, 4) is 0 Å². The minimum Gasteiger partial charge on any atom is -0.393 e. The molecule has 2 aromatic rings. The van der Waals surface area contributed by atoms with E-state index in [1.54, 1.807) is 0 Å². The molecular weight excluding hydrogens is 382 g/mol. The first-order valence-electron chi connectivity index (χ1n) is 12.2. The van der Waals surface area contributed by atoms with Crippen LogP contribution in [0, 0.1) is 11.3 Å². The lowest BCUT2D eigenvalue weighted by Gasteiger charge is -2.54. The molecule has 3 heteroatoms. The van der Waals surface area contributed by atoms with Crippen LogP contribution in [0.5, 0.6) is 0 Å². The number of nitrogens with zero attached hydrogens (tertiary/aromatic N) is 1. The molecule has 1 aromatic carbocycles. The maximum absolute atomic E-state index is 10.4. The van der Waals surface area contributed by atoms with Gasteiger partial charge in [0.15, 0.2) is 0 Å². The average Bonchev–Trinajstić information content (AvgIpc) is 3.28. The molecule has 160 valence electrons. The molecule has 2 bridgehead atoms. The normalized spacial score (nSPS) is 43.1. The van der Waals surface area contributed by atoms with Gasteiger partial charge in [0.05, 0.1) is 17.3 Å². The zero-order chi connectivity index (χ0) is 20.8. The molecule has 2 spiro atoms. The maximum atomic E-state index is 10.4. The lowest BCUT2D eigenvalue weighted by atomic mass is 9.58. The number of hydrogen-bond acceptors (Lipinski definition) is 3. The van der Waals surface area contributed by atoms with Crippen LogP contribution >= 0.6 is 0 Å². The number of aromatic nitrogens is 1. The Kier molecular flexibility index (Phi) is 3.65. The Morgan fingerprint density at radius 1 is 1.10 bits per heavy atom. The van der Waals surface area contributed by atoms with E-state index in [4.69, 9.17) is 4.74 Å². The van der Waals surface area contributed by atoms with Crippen LogP contribution in [-0.4, -0.2) is 27.4 Å². The van der Waals surface area contributed by atoms with Crippen molar-refractivity contribution in [3.63, 3.8) is 0 Å². The SMILES string of the molecule is CC12CC=C3C=C4CC[C@H](O)C[C@]45CC[C@]3(O5)[C@@H]1CCC2c1ccc2ccncc2c1. The third-order valence-electron chi connectivity index (χ3n) is 9.72. The molecule has 1 N–H and O–H groups in total. The molecule has 2 aliphatic heterocycles. The summed E-state index contributed by atoms with van der Waals surface area (Å²) < 4.78 is 7.18. The number of allylic oxidation sites excluding steroid dienone is 1. The Hall–Kier alpha value is -1.97. The summed E-state index contributed by atoms with van der Waals surface area (Å²) in [5.41, 5.74) is 4.26. The fourth-order valence-electron chi connectivity index (χ4n) is 8.25. The smallest absolute Gasteiger partial charge is 0.0974 e. The van der Waals surface area contributed by atoms with Crippen molar-refractivity contribution >= 4 is 10.8 Å². The van der Waals surface area contributed by atoms with Crippen LogP contribution in [0.2, 0.25) is 0 Å². The van der Waals surface area contributed by atoms with E-state index >= 15 is 0 Å². The molecule has 5 aliphatic rings. The number of pyridine rings is 1. The largest absolute Gasteiger partial charge is 0.393 e. The highest BCUT2D eigenvalue weighted by atomic mass is 16.5. The van der Waals surface area contributed by atoms with Crippen molar-refractivity contribution in [2.75, 3.05) is 0 Å². The van der Waals surface area contributed by atoms with Crippen molar-refractivity contribution < 1.29 is 9.84 Å². The van der Waals surface area contributed by atoms with E-state index in [0.29, 0.717) is 11.8 Å². The van der Waals surface area contributed by atoms with Crippen molar-refractivity contribution in [2.24, 2.45) is 11.3 Å². The number of ether oxygens (including phenoxy) is 1. The molecule has 7 rings (SSSR count). The molecule has 3 heterocycles. The van der Waals surface area contributed by atoms with E-state index in [2.05, 4.69) is 48.3 Å². The zero-order valence-electron chi connectivity index (χ0n) is 18.3. The molecule has 0 radical (unpaired) electrons. The topological polar surface area (TPSA) is 42.4 Å². The molecule has 2 saturated carbocycles. The second-order valence-electron chi connectivity index (χ2n) is 11.1. The molecule has 0 amide bonds. The highest BCUT2D eigenvalue weighted by Gasteiger charge is 2.66. The summed E-state index contributed by atoms with van der Waals surface area (Å²) in [6.45, 7) is 2.52. The molecule has 2 unspecified atom stereocenters. The predicted octanol–water partition coefficient (Wildman–Crippen LogP) is 5.84. The second kappa shape index (κ2) is 6.08. The van der Waals surface area contributed by atoms with Gasteiger partial charge in [0.1, 0.15) is 0 Å². The average molecular weight is 414 g/mol. The monoisotopic (exact) mass is 413 g/mol. The van der Waals surface area contributed by atoms with E-state index in [0.717, 1.165) is 38.5 Å². The van der Waals surface area contributed by atoms with Gasteiger partial charge in [-0.3, -0.25) is 4.98 Å². The molecule has 6 atom stereocenters. The lowest BCUT2D eigenvalue weighted by Crippen LogP contribution is -2.54. The van der Waals surface area contributed by atoms with Gasteiger partial charge in [0.25, 0.3) is 0 Å². The number of aliphatic hydroxyl groups excluding tert-OH is 1. The van der Waals surface area contributed by atoms with Gasteiger partial charge in [-0.2, -0.15) is 0 Å². The predicted molar refractivity (Wildman–Crippen MR) is 122 cm³/mol. The van der Waals surface area contributed by atoms with Crippen LogP contribution in [0.25, 0.3) is 10.8 Å². The molecule has 1 saturated heterocycles. The van der Waals surface area contributed by atoms with Gasteiger partial charge in [-0.05, 0) is 96.4 Å². The second-order valence-corrected chi connectivity index (χ2v) is 11.1. The Morgan fingerprint density at radius 3 is 2.97 bits per heavy atom. The van der Waals surface area contributed by atoms with E-state index in [1.807, 2.05) is 12.4 Å². The zero-order valence-corrected chi connectivity index (χ0v) is 18.3. The number of hydrogen-bond donors (Lipinski definition) is 1. The fourth-order valence-corrected chi connectivity index (χ4v) is 8.25. The van der Waals surface area contributed by atoms with Gasteiger partial charge in [-0.25, -0.2) is 0 Å². The van der Waals surface area contributed by atoms with Crippen LogP contribution < -0.4 is 0 Å². The highest BCUT2D eigenvalue weighted by molar-refractivity contribution is 5.82. The molecular formula is C28H31NO2.